The van der Waals surface area contributed by atoms with Gasteiger partial charge in [-0.1, -0.05) is 36.8 Å². The van der Waals surface area contributed by atoms with E-state index in [1.54, 1.807) is 4.90 Å². The fourth-order valence-corrected chi connectivity index (χ4v) is 3.92. The molecule has 2 amide bonds. The smallest absolute Gasteiger partial charge is 0.242 e. The van der Waals surface area contributed by atoms with Crippen molar-refractivity contribution in [2.75, 3.05) is 26.2 Å². The number of benzene rings is 1. The number of nitrogens with zero attached hydrogens (tertiary/aromatic N) is 5. The van der Waals surface area contributed by atoms with Crippen LogP contribution in [-0.4, -0.2) is 62.6 Å². The Morgan fingerprint density at radius 1 is 0.964 bits per heavy atom. The number of hydrogen-bond donors (Lipinski definition) is 0. The van der Waals surface area contributed by atoms with E-state index in [0.717, 1.165) is 37.3 Å². The van der Waals surface area contributed by atoms with E-state index in [1.807, 2.05) is 27.8 Å². The van der Waals surface area contributed by atoms with Gasteiger partial charge in [0, 0.05) is 38.9 Å². The maximum absolute atomic E-state index is 12.7. The molecule has 1 aromatic heterocycles. The summed E-state index contributed by atoms with van der Waals surface area (Å²) in [5.41, 5.74) is 1.20. The first kappa shape index (κ1) is 18.7. The number of rotatable bonds is 4. The van der Waals surface area contributed by atoms with Gasteiger partial charge in [0.25, 0.3) is 0 Å². The molecule has 0 bridgehead atoms. The minimum Gasteiger partial charge on any atom is -0.339 e. The van der Waals surface area contributed by atoms with Gasteiger partial charge in [-0.3, -0.25) is 9.59 Å². The molecule has 0 aliphatic carbocycles. The molecule has 1 aromatic carbocycles. The third kappa shape index (κ3) is 4.40. The standard InChI is InChI=1S/C21H27N5O2/c27-20-9-5-2-6-11-25(20)16-21(28)24-12-10-19-22-18(23-26(19)14-13-24)15-17-7-3-1-4-8-17/h1,3-4,7-8H,2,5-6,9-16H2. The molecule has 0 N–H and O–H groups in total. The largest absolute Gasteiger partial charge is 0.339 e. The number of fused-ring (bicyclic) bond motifs is 1. The van der Waals surface area contributed by atoms with Gasteiger partial charge in [-0.2, -0.15) is 5.10 Å². The molecule has 1 fully saturated rings. The van der Waals surface area contributed by atoms with E-state index in [2.05, 4.69) is 22.2 Å². The number of carbonyl (C=O) groups excluding carboxylic acids is 2. The van der Waals surface area contributed by atoms with E-state index < -0.39 is 0 Å². The summed E-state index contributed by atoms with van der Waals surface area (Å²) in [6, 6.07) is 10.2. The molecule has 0 atom stereocenters. The van der Waals surface area contributed by atoms with Crippen molar-refractivity contribution in [3.8, 4) is 0 Å². The zero-order chi connectivity index (χ0) is 19.3. The van der Waals surface area contributed by atoms with Crippen LogP contribution in [-0.2, 0) is 29.0 Å². The molecule has 2 aromatic rings. The van der Waals surface area contributed by atoms with E-state index >= 15 is 0 Å². The third-order valence-electron chi connectivity index (χ3n) is 5.53. The summed E-state index contributed by atoms with van der Waals surface area (Å²) in [4.78, 5) is 33.2. The minimum absolute atomic E-state index is 0.0329. The van der Waals surface area contributed by atoms with Crippen molar-refractivity contribution in [3.63, 3.8) is 0 Å². The lowest BCUT2D eigenvalue weighted by molar-refractivity contribution is -0.140. The van der Waals surface area contributed by atoms with E-state index in [4.69, 9.17) is 0 Å². The number of aromatic nitrogens is 3. The van der Waals surface area contributed by atoms with E-state index in [-0.39, 0.29) is 18.4 Å². The molecule has 0 radical (unpaired) electrons. The summed E-state index contributed by atoms with van der Waals surface area (Å²) in [6.45, 7) is 2.79. The van der Waals surface area contributed by atoms with Gasteiger partial charge in [-0.25, -0.2) is 9.67 Å². The van der Waals surface area contributed by atoms with Gasteiger partial charge < -0.3 is 9.80 Å². The fourth-order valence-electron chi connectivity index (χ4n) is 3.92. The first-order valence-corrected chi connectivity index (χ1v) is 10.2. The summed E-state index contributed by atoms with van der Waals surface area (Å²) in [5, 5.41) is 4.64. The summed E-state index contributed by atoms with van der Waals surface area (Å²) < 4.78 is 1.93. The molecule has 148 valence electrons. The Kier molecular flexibility index (Phi) is 5.69. The first-order valence-electron chi connectivity index (χ1n) is 10.2. The summed E-state index contributed by atoms with van der Waals surface area (Å²) in [7, 11) is 0. The zero-order valence-electron chi connectivity index (χ0n) is 16.2. The Labute approximate surface area is 165 Å². The van der Waals surface area contributed by atoms with Crippen LogP contribution in [0.1, 0.15) is 42.9 Å². The molecule has 28 heavy (non-hydrogen) atoms. The van der Waals surface area contributed by atoms with Crippen LogP contribution < -0.4 is 0 Å². The zero-order valence-corrected chi connectivity index (χ0v) is 16.2. The van der Waals surface area contributed by atoms with Crippen LogP contribution in [0.25, 0.3) is 0 Å². The summed E-state index contributed by atoms with van der Waals surface area (Å²) in [6.07, 6.45) is 4.98. The number of likely N-dealkylation sites (tertiary alicyclic amines) is 1. The summed E-state index contributed by atoms with van der Waals surface area (Å²) >= 11 is 0. The first-order chi connectivity index (χ1) is 13.7. The van der Waals surface area contributed by atoms with Crippen molar-refractivity contribution in [1.29, 1.82) is 0 Å². The van der Waals surface area contributed by atoms with Crippen LogP contribution in [0, 0.1) is 0 Å². The Hall–Kier alpha value is -2.70. The molecular weight excluding hydrogens is 354 g/mol. The maximum Gasteiger partial charge on any atom is 0.242 e. The highest BCUT2D eigenvalue weighted by atomic mass is 16.2. The molecule has 0 saturated carbocycles. The Morgan fingerprint density at radius 3 is 2.68 bits per heavy atom. The number of amides is 2. The molecule has 7 nitrogen and oxygen atoms in total. The van der Waals surface area contributed by atoms with Gasteiger partial charge >= 0.3 is 0 Å². The molecule has 7 heteroatoms. The predicted octanol–water partition coefficient (Wildman–Crippen LogP) is 1.66. The predicted molar refractivity (Wildman–Crippen MR) is 105 cm³/mol. The Bertz CT molecular complexity index is 807. The van der Waals surface area contributed by atoms with Crippen molar-refractivity contribution in [1.82, 2.24) is 24.6 Å². The second-order valence-electron chi connectivity index (χ2n) is 7.59. The van der Waals surface area contributed by atoms with Crippen LogP contribution in [0.5, 0.6) is 0 Å². The molecule has 2 aliphatic heterocycles. The van der Waals surface area contributed by atoms with Gasteiger partial charge in [0.05, 0.1) is 13.1 Å². The monoisotopic (exact) mass is 381 g/mol. The third-order valence-corrected chi connectivity index (χ3v) is 5.53. The normalized spacial score (nSPS) is 17.8. The van der Waals surface area contributed by atoms with Crippen molar-refractivity contribution in [3.05, 3.63) is 47.5 Å². The summed E-state index contributed by atoms with van der Waals surface area (Å²) in [5.74, 6) is 1.91. The molecule has 1 saturated heterocycles. The lowest BCUT2D eigenvalue weighted by Gasteiger charge is -2.25. The van der Waals surface area contributed by atoms with Gasteiger partial charge in [-0.15, -0.1) is 0 Å². The van der Waals surface area contributed by atoms with Crippen LogP contribution in [0.15, 0.2) is 30.3 Å². The average Bonchev–Trinajstić information content (AvgIpc) is 2.83. The van der Waals surface area contributed by atoms with E-state index in [1.165, 1.54) is 5.56 Å². The van der Waals surface area contributed by atoms with Gasteiger partial charge in [0.1, 0.15) is 5.82 Å². The van der Waals surface area contributed by atoms with Crippen LogP contribution >= 0.6 is 0 Å². The number of carbonyl (C=O) groups is 2. The van der Waals surface area contributed by atoms with Crippen molar-refractivity contribution < 1.29 is 9.59 Å². The Balaban J connectivity index is 1.35. The lowest BCUT2D eigenvalue weighted by atomic mass is 10.1. The molecule has 4 rings (SSSR count). The molecular formula is C21H27N5O2. The Morgan fingerprint density at radius 2 is 1.82 bits per heavy atom. The van der Waals surface area contributed by atoms with Crippen molar-refractivity contribution >= 4 is 11.8 Å². The van der Waals surface area contributed by atoms with Crippen LogP contribution in [0.4, 0.5) is 0 Å². The second kappa shape index (κ2) is 8.54. The van der Waals surface area contributed by atoms with Crippen molar-refractivity contribution in [2.24, 2.45) is 0 Å². The SMILES string of the molecule is O=C(CN1CCCCCC1=O)N1CCc2nc(Cc3ccccc3)nn2CC1. The van der Waals surface area contributed by atoms with E-state index in [0.29, 0.717) is 39.0 Å². The van der Waals surface area contributed by atoms with Crippen LogP contribution in [0.3, 0.4) is 0 Å². The number of hydrogen-bond acceptors (Lipinski definition) is 4. The maximum atomic E-state index is 12.7. The topological polar surface area (TPSA) is 71.3 Å². The molecule has 0 spiro atoms. The molecule has 0 unspecified atom stereocenters. The molecule has 2 aliphatic rings. The second-order valence-corrected chi connectivity index (χ2v) is 7.59. The van der Waals surface area contributed by atoms with Crippen LogP contribution in [0.2, 0.25) is 0 Å². The quantitative estimate of drug-likeness (QED) is 0.808. The van der Waals surface area contributed by atoms with Crippen molar-refractivity contribution in [2.45, 2.75) is 45.1 Å². The van der Waals surface area contributed by atoms with Gasteiger partial charge in [0.2, 0.25) is 11.8 Å². The van der Waals surface area contributed by atoms with Gasteiger partial charge in [0.15, 0.2) is 5.82 Å². The lowest BCUT2D eigenvalue weighted by Crippen LogP contribution is -2.43. The minimum atomic E-state index is 0.0329. The van der Waals surface area contributed by atoms with E-state index in [9.17, 15) is 9.59 Å². The molecule has 3 heterocycles. The highest BCUT2D eigenvalue weighted by Gasteiger charge is 2.25. The average molecular weight is 381 g/mol. The highest BCUT2D eigenvalue weighted by molar-refractivity contribution is 5.85. The highest BCUT2D eigenvalue weighted by Crippen LogP contribution is 2.13. The van der Waals surface area contributed by atoms with Gasteiger partial charge in [-0.05, 0) is 18.4 Å². The fraction of sp³-hybridized carbons (Fsp3) is 0.524.